The Morgan fingerprint density at radius 1 is 0.706 bits per heavy atom. The van der Waals surface area contributed by atoms with Gasteiger partial charge in [-0.1, -0.05) is 6.08 Å². The molecule has 0 bridgehead atoms. The molecule has 3 aromatic carbocycles. The lowest BCUT2D eigenvalue weighted by Gasteiger charge is -2.20. The lowest BCUT2D eigenvalue weighted by atomic mass is 9.97. The van der Waals surface area contributed by atoms with Crippen molar-refractivity contribution in [1.29, 1.82) is 0 Å². The van der Waals surface area contributed by atoms with E-state index in [2.05, 4.69) is 0 Å². The smallest absolute Gasteiger partial charge is 0.194 e. The Hall–Kier alpha value is -3.55. The summed E-state index contributed by atoms with van der Waals surface area (Å²) in [6.07, 6.45) is 4.92. The van der Waals surface area contributed by atoms with Crippen LogP contribution in [0.3, 0.4) is 0 Å². The molecule has 0 N–H and O–H groups in total. The number of rotatable bonds is 4. The van der Waals surface area contributed by atoms with Gasteiger partial charge in [0.1, 0.15) is 23.3 Å². The first-order chi connectivity index (χ1) is 16.1. The Morgan fingerprint density at radius 3 is 1.79 bits per heavy atom. The molecule has 0 saturated heterocycles. The van der Waals surface area contributed by atoms with Gasteiger partial charge >= 0.3 is 0 Å². The van der Waals surface area contributed by atoms with Gasteiger partial charge in [0, 0.05) is 5.56 Å². The van der Waals surface area contributed by atoms with Crippen LogP contribution in [0.15, 0.2) is 42.7 Å². The molecule has 0 aliphatic carbocycles. The molecular weight excluding hydrogens is 461 g/mol. The predicted octanol–water partition coefficient (Wildman–Crippen LogP) is 8.04. The zero-order chi connectivity index (χ0) is 24.6. The average Bonchev–Trinajstić information content (AvgIpc) is 2.76. The fourth-order valence-corrected chi connectivity index (χ4v) is 3.67. The summed E-state index contributed by atoms with van der Waals surface area (Å²) in [5.74, 6) is -9.10. The lowest BCUT2D eigenvalue weighted by molar-refractivity contribution is 0.144. The van der Waals surface area contributed by atoms with E-state index in [0.29, 0.717) is 36.1 Å². The average molecular weight is 478 g/mol. The number of hydrogen-bond donors (Lipinski definition) is 0. The summed E-state index contributed by atoms with van der Waals surface area (Å²) in [5, 5.41) is 0. The topological polar surface area (TPSA) is 9.23 Å². The molecule has 0 radical (unpaired) electrons. The fourth-order valence-electron chi connectivity index (χ4n) is 3.67. The van der Waals surface area contributed by atoms with Crippen LogP contribution >= 0.6 is 0 Å². The molecule has 176 valence electrons. The van der Waals surface area contributed by atoms with Crippen molar-refractivity contribution in [3.63, 3.8) is 0 Å². The molecule has 3 aromatic rings. The van der Waals surface area contributed by atoms with Crippen LogP contribution in [0.4, 0.5) is 30.7 Å². The first-order valence-corrected chi connectivity index (χ1v) is 10.3. The molecule has 34 heavy (non-hydrogen) atoms. The van der Waals surface area contributed by atoms with E-state index in [-0.39, 0.29) is 11.7 Å². The van der Waals surface area contributed by atoms with Gasteiger partial charge in [0.15, 0.2) is 17.5 Å². The Labute approximate surface area is 190 Å². The second kappa shape index (κ2) is 9.37. The second-order valence-corrected chi connectivity index (χ2v) is 7.93. The highest BCUT2D eigenvalue weighted by atomic mass is 19.2. The van der Waals surface area contributed by atoms with Crippen molar-refractivity contribution in [2.75, 3.05) is 0 Å². The molecular formula is C26H17F7O. The molecule has 8 heteroatoms. The number of allylic oxidation sites excluding steroid dienone is 1. The summed E-state index contributed by atoms with van der Waals surface area (Å²) in [7, 11) is 0. The van der Waals surface area contributed by atoms with Crippen LogP contribution in [0.5, 0.6) is 0 Å². The summed E-state index contributed by atoms with van der Waals surface area (Å²) < 4.78 is 104. The van der Waals surface area contributed by atoms with Crippen molar-refractivity contribution in [3.8, 4) is 11.1 Å². The number of halogens is 7. The van der Waals surface area contributed by atoms with Crippen molar-refractivity contribution in [1.82, 2.24) is 0 Å². The lowest BCUT2D eigenvalue weighted by Crippen LogP contribution is -2.09. The largest absolute Gasteiger partial charge is 0.498 e. The van der Waals surface area contributed by atoms with Crippen molar-refractivity contribution >= 4 is 17.7 Å². The first-order valence-electron chi connectivity index (χ1n) is 10.3. The number of benzene rings is 3. The van der Waals surface area contributed by atoms with Gasteiger partial charge in [-0.15, -0.1) is 0 Å². The summed E-state index contributed by atoms with van der Waals surface area (Å²) in [4.78, 5) is 0. The summed E-state index contributed by atoms with van der Waals surface area (Å²) >= 11 is 0. The number of hydrogen-bond acceptors (Lipinski definition) is 1. The first kappa shape index (κ1) is 23.6. The zero-order valence-electron chi connectivity index (χ0n) is 17.7. The maximum absolute atomic E-state index is 14.6. The summed E-state index contributed by atoms with van der Waals surface area (Å²) in [6, 6.07) is 4.88. The van der Waals surface area contributed by atoms with E-state index >= 15 is 0 Å². The van der Waals surface area contributed by atoms with E-state index in [1.54, 1.807) is 0 Å². The van der Waals surface area contributed by atoms with E-state index < -0.39 is 57.4 Å². The molecule has 1 nitrogen and oxygen atoms in total. The van der Waals surface area contributed by atoms with Crippen LogP contribution in [0.2, 0.25) is 0 Å². The fraction of sp³-hybridized carbons (Fsp3) is 0.154. The van der Waals surface area contributed by atoms with E-state index in [9.17, 15) is 30.7 Å². The van der Waals surface area contributed by atoms with Gasteiger partial charge in [0.2, 0.25) is 0 Å². The maximum Gasteiger partial charge on any atom is 0.194 e. The summed E-state index contributed by atoms with van der Waals surface area (Å²) in [5.41, 5.74) is -0.831. The highest BCUT2D eigenvalue weighted by molar-refractivity contribution is 5.75. The minimum atomic E-state index is -1.76. The van der Waals surface area contributed by atoms with Gasteiger partial charge in [-0.25, -0.2) is 30.7 Å². The van der Waals surface area contributed by atoms with E-state index in [1.165, 1.54) is 6.26 Å². The molecule has 0 aromatic heterocycles. The second-order valence-electron chi connectivity index (χ2n) is 7.93. The molecule has 1 atom stereocenters. The zero-order valence-corrected chi connectivity index (χ0v) is 17.7. The van der Waals surface area contributed by atoms with Crippen LogP contribution in [0.25, 0.3) is 28.9 Å². The molecule has 1 unspecified atom stereocenters. The van der Waals surface area contributed by atoms with E-state index in [4.69, 9.17) is 4.74 Å². The van der Waals surface area contributed by atoms with Gasteiger partial charge < -0.3 is 4.74 Å². The van der Waals surface area contributed by atoms with Gasteiger partial charge in [-0.3, -0.25) is 0 Å². The molecule has 0 saturated carbocycles. The van der Waals surface area contributed by atoms with Crippen molar-refractivity contribution < 1.29 is 35.5 Å². The van der Waals surface area contributed by atoms with Crippen LogP contribution < -0.4 is 0 Å². The van der Waals surface area contributed by atoms with Crippen molar-refractivity contribution in [3.05, 3.63) is 100 Å². The minimum Gasteiger partial charge on any atom is -0.498 e. The molecule has 1 aliphatic heterocycles. The Morgan fingerprint density at radius 2 is 1.26 bits per heavy atom. The number of ether oxygens (including phenoxy) is 1. The highest BCUT2D eigenvalue weighted by Gasteiger charge is 2.19. The van der Waals surface area contributed by atoms with Crippen LogP contribution in [-0.4, -0.2) is 6.10 Å². The van der Waals surface area contributed by atoms with E-state index in [1.807, 2.05) is 6.92 Å². The molecule has 4 rings (SSSR count). The molecule has 0 amide bonds. The van der Waals surface area contributed by atoms with Crippen molar-refractivity contribution in [2.45, 2.75) is 25.9 Å². The van der Waals surface area contributed by atoms with Gasteiger partial charge in [-0.05, 0) is 84.5 Å². The molecule has 1 heterocycles. The summed E-state index contributed by atoms with van der Waals surface area (Å²) in [6.45, 7) is 1.89. The Kier molecular flexibility index (Phi) is 6.50. The Bertz CT molecular complexity index is 1260. The molecule has 1 aliphatic rings. The van der Waals surface area contributed by atoms with Gasteiger partial charge in [0.25, 0.3) is 0 Å². The quantitative estimate of drug-likeness (QED) is 0.210. The molecule has 0 fully saturated rings. The molecule has 0 spiro atoms. The minimum absolute atomic E-state index is 0.0222. The van der Waals surface area contributed by atoms with Crippen LogP contribution in [-0.2, 0) is 4.74 Å². The van der Waals surface area contributed by atoms with Crippen molar-refractivity contribution in [2.24, 2.45) is 0 Å². The van der Waals surface area contributed by atoms with Crippen LogP contribution in [0, 0.1) is 40.7 Å². The SMILES string of the molecule is CC1CCC(c2cc(F)c(/C=C/c3cc(F)c(-c4cc(F)c(F)c(F)c4)c(F)c3)c(F)c2)=CO1. The van der Waals surface area contributed by atoms with Gasteiger partial charge in [0.05, 0.1) is 17.9 Å². The highest BCUT2D eigenvalue weighted by Crippen LogP contribution is 2.32. The van der Waals surface area contributed by atoms with Gasteiger partial charge in [-0.2, -0.15) is 0 Å². The third-order valence-electron chi connectivity index (χ3n) is 5.49. The van der Waals surface area contributed by atoms with E-state index in [0.717, 1.165) is 36.4 Å². The normalized spacial score (nSPS) is 16.0. The third kappa shape index (κ3) is 4.71. The van der Waals surface area contributed by atoms with Crippen LogP contribution in [0.1, 0.15) is 36.5 Å². The maximum atomic E-state index is 14.6. The predicted molar refractivity (Wildman–Crippen MR) is 115 cm³/mol. The monoisotopic (exact) mass is 478 g/mol. The third-order valence-corrected chi connectivity index (χ3v) is 5.49. The Balaban J connectivity index is 1.63. The standard InChI is InChI=1S/C26H17F7O/c1-13-2-4-15(12-34-13)16-8-19(27)18(20(28)9-16)5-3-14-6-21(29)25(22(30)7-14)17-10-23(31)26(33)24(32)11-17/h3,5-13H,2,4H2,1H3/b5-3+.